The zero-order valence-electron chi connectivity index (χ0n) is 5.12. The van der Waals surface area contributed by atoms with Crippen LogP contribution in [0.4, 0.5) is 8.78 Å². The second-order valence-electron chi connectivity index (χ2n) is 1.67. The lowest BCUT2D eigenvalue weighted by Gasteiger charge is -1.87. The van der Waals surface area contributed by atoms with E-state index in [4.69, 9.17) is 5.11 Å². The van der Waals surface area contributed by atoms with Gasteiger partial charge in [0.15, 0.2) is 0 Å². The van der Waals surface area contributed by atoms with Gasteiger partial charge in [0.2, 0.25) is 5.76 Å². The summed E-state index contributed by atoms with van der Waals surface area (Å²) >= 11 is 0. The Kier molecular flexibility index (Phi) is 1.84. The molecule has 0 saturated heterocycles. The summed E-state index contributed by atoms with van der Waals surface area (Å²) in [6.45, 7) is 0. The average molecular weight is 163 g/mol. The van der Waals surface area contributed by atoms with Crippen LogP contribution in [0.1, 0.15) is 22.9 Å². The van der Waals surface area contributed by atoms with Gasteiger partial charge in [-0.3, -0.25) is 0 Å². The fourth-order valence-corrected chi connectivity index (χ4v) is 0.487. The first-order chi connectivity index (χ1) is 5.11. The number of carboxylic acid groups (broad SMARTS) is 1. The molecule has 60 valence electrons. The van der Waals surface area contributed by atoms with Crippen molar-refractivity contribution in [2.75, 3.05) is 0 Å². The van der Waals surface area contributed by atoms with E-state index in [0.29, 0.717) is 0 Å². The van der Waals surface area contributed by atoms with Crippen molar-refractivity contribution in [3.8, 4) is 0 Å². The second-order valence-corrected chi connectivity index (χ2v) is 1.67. The first kappa shape index (κ1) is 7.64. The molecule has 6 heteroatoms. The van der Waals surface area contributed by atoms with Crippen molar-refractivity contribution in [3.05, 3.63) is 17.8 Å². The number of carbonyl (C=O) groups is 1. The van der Waals surface area contributed by atoms with Gasteiger partial charge in [-0.05, 0) is 0 Å². The monoisotopic (exact) mass is 163 g/mol. The van der Waals surface area contributed by atoms with E-state index in [1.807, 2.05) is 0 Å². The number of alkyl halides is 2. The molecule has 0 aliphatic heterocycles. The molecule has 0 radical (unpaired) electrons. The summed E-state index contributed by atoms with van der Waals surface area (Å²) in [5.41, 5.74) is 0. The van der Waals surface area contributed by atoms with Crippen molar-refractivity contribution in [2.24, 2.45) is 0 Å². The molecule has 11 heavy (non-hydrogen) atoms. The summed E-state index contributed by atoms with van der Waals surface area (Å²) in [5.74, 6) is -2.87. The highest BCUT2D eigenvalue weighted by Gasteiger charge is 2.17. The van der Waals surface area contributed by atoms with E-state index in [0.717, 1.165) is 6.20 Å². The highest BCUT2D eigenvalue weighted by molar-refractivity contribution is 5.83. The van der Waals surface area contributed by atoms with Gasteiger partial charge in [0.1, 0.15) is 0 Å². The fraction of sp³-hybridized carbons (Fsp3) is 0.200. The maximum absolute atomic E-state index is 11.7. The molecule has 0 bridgehead atoms. The molecule has 1 aromatic heterocycles. The Hall–Kier alpha value is -1.46. The predicted molar refractivity (Wildman–Crippen MR) is 28.4 cm³/mol. The molecule has 1 aromatic rings. The topological polar surface area (TPSA) is 63.3 Å². The number of oxazole rings is 1. The van der Waals surface area contributed by atoms with E-state index in [1.165, 1.54) is 0 Å². The van der Waals surface area contributed by atoms with Crippen LogP contribution < -0.4 is 0 Å². The summed E-state index contributed by atoms with van der Waals surface area (Å²) in [4.78, 5) is 13.1. The molecule has 0 saturated carbocycles. The Bertz CT molecular complexity index is 270. The van der Waals surface area contributed by atoms with Crippen LogP contribution >= 0.6 is 0 Å². The van der Waals surface area contributed by atoms with Crippen molar-refractivity contribution in [1.29, 1.82) is 0 Å². The maximum atomic E-state index is 11.7. The van der Waals surface area contributed by atoms with Crippen LogP contribution in [0, 0.1) is 0 Å². The van der Waals surface area contributed by atoms with Gasteiger partial charge in [0.05, 0.1) is 6.20 Å². The summed E-state index contributed by atoms with van der Waals surface area (Å²) in [6.07, 6.45) is -2.13. The predicted octanol–water partition coefficient (Wildman–Crippen LogP) is 1.31. The van der Waals surface area contributed by atoms with Crippen molar-refractivity contribution in [1.82, 2.24) is 4.98 Å². The van der Waals surface area contributed by atoms with Crippen molar-refractivity contribution in [3.63, 3.8) is 0 Å². The van der Waals surface area contributed by atoms with Gasteiger partial charge in [0, 0.05) is 0 Å². The fourth-order valence-electron chi connectivity index (χ4n) is 0.487. The minimum absolute atomic E-state index is 0.583. The van der Waals surface area contributed by atoms with Crippen LogP contribution in [0.3, 0.4) is 0 Å². The number of aromatic carboxylic acids is 1. The minimum Gasteiger partial charge on any atom is -0.475 e. The highest BCUT2D eigenvalue weighted by Crippen LogP contribution is 2.17. The molecule has 1 N–H and O–H groups in total. The lowest BCUT2D eigenvalue weighted by Crippen LogP contribution is -1.91. The van der Waals surface area contributed by atoms with Crippen LogP contribution in [0.2, 0.25) is 0 Å². The first-order valence-corrected chi connectivity index (χ1v) is 2.58. The number of nitrogens with zero attached hydrogens (tertiary/aromatic N) is 1. The Labute approximate surface area is 59.5 Å². The molecule has 0 aliphatic carbocycles. The number of carboxylic acids is 1. The molecule has 0 aromatic carbocycles. The zero-order chi connectivity index (χ0) is 8.43. The molecule has 0 fully saturated rings. The van der Waals surface area contributed by atoms with E-state index in [1.54, 1.807) is 0 Å². The SMILES string of the molecule is O=C(O)c1cnc(C(F)F)o1. The summed E-state index contributed by atoms with van der Waals surface area (Å²) in [6, 6.07) is 0. The third-order valence-electron chi connectivity index (χ3n) is 0.921. The number of halogens is 2. The average Bonchev–Trinajstić information content (AvgIpc) is 2.33. The molecule has 0 unspecified atom stereocenters. The van der Waals surface area contributed by atoms with Crippen LogP contribution in [-0.2, 0) is 0 Å². The lowest BCUT2D eigenvalue weighted by molar-refractivity contribution is 0.0642. The van der Waals surface area contributed by atoms with Gasteiger partial charge in [-0.2, -0.15) is 8.78 Å². The van der Waals surface area contributed by atoms with Crippen molar-refractivity contribution in [2.45, 2.75) is 6.43 Å². The van der Waals surface area contributed by atoms with E-state index in [2.05, 4.69) is 9.40 Å². The Morgan fingerprint density at radius 2 is 2.36 bits per heavy atom. The molecular weight excluding hydrogens is 160 g/mol. The van der Waals surface area contributed by atoms with Crippen molar-refractivity contribution >= 4 is 5.97 Å². The van der Waals surface area contributed by atoms with E-state index >= 15 is 0 Å². The first-order valence-electron chi connectivity index (χ1n) is 2.58. The van der Waals surface area contributed by atoms with Gasteiger partial charge in [-0.25, -0.2) is 9.78 Å². The normalized spacial score (nSPS) is 10.5. The third kappa shape index (κ3) is 1.51. The summed E-state index contributed by atoms with van der Waals surface area (Å²) in [7, 11) is 0. The third-order valence-corrected chi connectivity index (χ3v) is 0.921. The van der Waals surface area contributed by atoms with E-state index in [9.17, 15) is 13.6 Å². The van der Waals surface area contributed by atoms with Crippen molar-refractivity contribution < 1.29 is 23.1 Å². The Balaban J connectivity index is 2.90. The van der Waals surface area contributed by atoms with Gasteiger partial charge < -0.3 is 9.52 Å². The number of aromatic nitrogens is 1. The number of hydrogen-bond acceptors (Lipinski definition) is 3. The van der Waals surface area contributed by atoms with Gasteiger partial charge >= 0.3 is 12.4 Å². The minimum atomic E-state index is -2.87. The summed E-state index contributed by atoms with van der Waals surface area (Å²) in [5, 5.41) is 8.20. The molecule has 4 nitrogen and oxygen atoms in total. The number of rotatable bonds is 2. The quantitative estimate of drug-likeness (QED) is 0.713. The zero-order valence-corrected chi connectivity index (χ0v) is 5.12. The van der Waals surface area contributed by atoms with Crippen LogP contribution in [0.5, 0.6) is 0 Å². The van der Waals surface area contributed by atoms with Gasteiger partial charge in [-0.15, -0.1) is 0 Å². The second kappa shape index (κ2) is 2.65. The molecule has 0 aliphatic rings. The highest BCUT2D eigenvalue weighted by atomic mass is 19.3. The van der Waals surface area contributed by atoms with E-state index < -0.39 is 24.0 Å². The smallest absolute Gasteiger partial charge is 0.373 e. The Morgan fingerprint density at radius 3 is 2.64 bits per heavy atom. The number of hydrogen-bond donors (Lipinski definition) is 1. The van der Waals surface area contributed by atoms with Crippen LogP contribution in [-0.4, -0.2) is 16.1 Å². The molecule has 1 rings (SSSR count). The maximum Gasteiger partial charge on any atom is 0.373 e. The molecular formula is C5H3F2NO3. The largest absolute Gasteiger partial charge is 0.475 e. The van der Waals surface area contributed by atoms with Crippen LogP contribution in [0.25, 0.3) is 0 Å². The lowest BCUT2D eigenvalue weighted by atomic mass is 10.5. The van der Waals surface area contributed by atoms with Gasteiger partial charge in [-0.1, -0.05) is 0 Å². The molecule has 0 atom stereocenters. The Morgan fingerprint density at radius 1 is 1.73 bits per heavy atom. The molecule has 0 amide bonds. The van der Waals surface area contributed by atoms with E-state index in [-0.39, 0.29) is 0 Å². The molecule has 0 spiro atoms. The summed E-state index contributed by atoms with van der Waals surface area (Å²) < 4.78 is 27.5. The van der Waals surface area contributed by atoms with Crippen LogP contribution in [0.15, 0.2) is 10.6 Å². The molecule has 1 heterocycles. The van der Waals surface area contributed by atoms with Gasteiger partial charge in [0.25, 0.3) is 5.89 Å². The standard InChI is InChI=1S/C5H3F2NO3/c6-3(7)4-8-1-2(11-4)5(9)10/h1,3H,(H,9,10).